The summed E-state index contributed by atoms with van der Waals surface area (Å²) in [5, 5.41) is 11.2. The highest BCUT2D eigenvalue weighted by atomic mass is 32.2. The van der Waals surface area contributed by atoms with Gasteiger partial charge in [-0.25, -0.2) is 0 Å². The lowest BCUT2D eigenvalue weighted by Gasteiger charge is -2.26. The SMILES string of the molecule is CSCC(C)N(C)c1cccc(NN)c1[N+](=O)[O-]. The van der Waals surface area contributed by atoms with Crippen LogP contribution in [0.2, 0.25) is 0 Å². The molecule has 1 aromatic rings. The van der Waals surface area contributed by atoms with Crippen LogP contribution in [0.5, 0.6) is 0 Å². The minimum atomic E-state index is -0.410. The van der Waals surface area contributed by atoms with Crippen LogP contribution >= 0.6 is 11.8 Å². The van der Waals surface area contributed by atoms with Crippen molar-refractivity contribution in [1.82, 2.24) is 0 Å². The molecule has 100 valence electrons. The number of anilines is 2. The number of hydrogen-bond donors (Lipinski definition) is 2. The summed E-state index contributed by atoms with van der Waals surface area (Å²) in [6, 6.07) is 5.27. The fraction of sp³-hybridized carbons (Fsp3) is 0.455. The Morgan fingerprint density at radius 2 is 2.28 bits per heavy atom. The van der Waals surface area contributed by atoms with E-state index >= 15 is 0 Å². The molecule has 0 amide bonds. The number of nitrogens with zero attached hydrogens (tertiary/aromatic N) is 2. The minimum Gasteiger partial charge on any atom is -0.365 e. The van der Waals surface area contributed by atoms with Gasteiger partial charge >= 0.3 is 5.69 Å². The van der Waals surface area contributed by atoms with Crippen molar-refractivity contribution in [2.75, 3.05) is 29.4 Å². The van der Waals surface area contributed by atoms with E-state index < -0.39 is 4.92 Å². The molecular weight excluding hydrogens is 252 g/mol. The number of thioether (sulfide) groups is 1. The Balaban J connectivity index is 3.19. The van der Waals surface area contributed by atoms with Gasteiger partial charge in [-0.3, -0.25) is 16.0 Å². The van der Waals surface area contributed by atoms with Crippen LogP contribution in [0.25, 0.3) is 0 Å². The van der Waals surface area contributed by atoms with E-state index in [0.29, 0.717) is 11.4 Å². The summed E-state index contributed by atoms with van der Waals surface area (Å²) >= 11 is 1.71. The second-order valence-electron chi connectivity index (χ2n) is 3.99. The highest BCUT2D eigenvalue weighted by Crippen LogP contribution is 2.35. The highest BCUT2D eigenvalue weighted by Gasteiger charge is 2.23. The number of nitrogens with one attached hydrogen (secondary N) is 1. The fourth-order valence-electron chi connectivity index (χ4n) is 1.71. The normalized spacial score (nSPS) is 12.0. The van der Waals surface area contributed by atoms with E-state index in [9.17, 15) is 10.1 Å². The van der Waals surface area contributed by atoms with Crippen molar-refractivity contribution in [2.45, 2.75) is 13.0 Å². The van der Waals surface area contributed by atoms with Gasteiger partial charge in [-0.2, -0.15) is 11.8 Å². The Bertz CT molecular complexity index is 428. The first-order valence-corrected chi connectivity index (χ1v) is 6.88. The van der Waals surface area contributed by atoms with Crippen molar-refractivity contribution < 1.29 is 4.92 Å². The summed E-state index contributed by atoms with van der Waals surface area (Å²) in [6.45, 7) is 2.03. The van der Waals surface area contributed by atoms with Crippen LogP contribution in [0, 0.1) is 10.1 Å². The second kappa shape index (κ2) is 6.46. The fourth-order valence-corrected chi connectivity index (χ4v) is 2.42. The molecule has 1 aromatic carbocycles. The van der Waals surface area contributed by atoms with Crippen LogP contribution in [-0.4, -0.2) is 30.0 Å². The van der Waals surface area contributed by atoms with Crippen LogP contribution in [0.3, 0.4) is 0 Å². The molecule has 0 saturated carbocycles. The van der Waals surface area contributed by atoms with Gasteiger partial charge in [-0.15, -0.1) is 0 Å². The first-order valence-electron chi connectivity index (χ1n) is 5.48. The second-order valence-corrected chi connectivity index (χ2v) is 4.90. The lowest BCUT2D eigenvalue weighted by molar-refractivity contribution is -0.383. The number of nitro benzene ring substituents is 1. The Morgan fingerprint density at radius 1 is 1.61 bits per heavy atom. The number of nitrogen functional groups attached to an aromatic ring is 1. The van der Waals surface area contributed by atoms with Gasteiger partial charge < -0.3 is 10.3 Å². The topological polar surface area (TPSA) is 84.4 Å². The Labute approximate surface area is 111 Å². The molecule has 0 bridgehead atoms. The molecule has 0 fully saturated rings. The summed E-state index contributed by atoms with van der Waals surface area (Å²) in [5.41, 5.74) is 3.27. The molecule has 0 aromatic heterocycles. The van der Waals surface area contributed by atoms with Gasteiger partial charge in [-0.1, -0.05) is 6.07 Å². The first kappa shape index (κ1) is 14.6. The van der Waals surface area contributed by atoms with E-state index in [1.807, 2.05) is 25.1 Å². The zero-order chi connectivity index (χ0) is 13.7. The highest BCUT2D eigenvalue weighted by molar-refractivity contribution is 7.98. The molecule has 1 unspecified atom stereocenters. The van der Waals surface area contributed by atoms with Crippen molar-refractivity contribution in [3.05, 3.63) is 28.3 Å². The molecule has 1 rings (SSSR count). The third-order valence-electron chi connectivity index (χ3n) is 2.80. The molecular formula is C11H18N4O2S. The molecule has 0 spiro atoms. The van der Waals surface area contributed by atoms with Crippen LogP contribution in [0.15, 0.2) is 18.2 Å². The molecule has 1 atom stereocenters. The van der Waals surface area contributed by atoms with Gasteiger partial charge in [0.2, 0.25) is 0 Å². The van der Waals surface area contributed by atoms with E-state index in [-0.39, 0.29) is 11.7 Å². The molecule has 0 aliphatic heterocycles. The summed E-state index contributed by atoms with van der Waals surface area (Å²) in [6.07, 6.45) is 2.01. The van der Waals surface area contributed by atoms with Gasteiger partial charge in [0, 0.05) is 18.8 Å². The third-order valence-corrected chi connectivity index (χ3v) is 3.62. The Kier molecular flexibility index (Phi) is 5.24. The van der Waals surface area contributed by atoms with Crippen LogP contribution < -0.4 is 16.2 Å². The van der Waals surface area contributed by atoms with Gasteiger partial charge in [0.25, 0.3) is 0 Å². The minimum absolute atomic E-state index is 0.00968. The number of benzene rings is 1. The number of hydrogen-bond acceptors (Lipinski definition) is 6. The van der Waals surface area contributed by atoms with E-state index in [1.165, 1.54) is 0 Å². The summed E-state index contributed by atoms with van der Waals surface area (Å²) in [7, 11) is 1.85. The monoisotopic (exact) mass is 270 g/mol. The van der Waals surface area contributed by atoms with Crippen LogP contribution in [0.4, 0.5) is 17.1 Å². The molecule has 0 saturated heterocycles. The zero-order valence-electron chi connectivity index (χ0n) is 10.7. The van der Waals surface area contributed by atoms with E-state index in [4.69, 9.17) is 5.84 Å². The molecule has 0 aliphatic rings. The summed E-state index contributed by atoms with van der Waals surface area (Å²) < 4.78 is 0. The van der Waals surface area contributed by atoms with Gasteiger partial charge in [0.1, 0.15) is 11.4 Å². The lowest BCUT2D eigenvalue weighted by atomic mass is 10.2. The van der Waals surface area contributed by atoms with Gasteiger partial charge in [0.05, 0.1) is 4.92 Å². The molecule has 18 heavy (non-hydrogen) atoms. The van der Waals surface area contributed by atoms with Crippen LogP contribution in [0.1, 0.15) is 6.92 Å². The predicted octanol–water partition coefficient (Wildman–Crippen LogP) is 2.07. The maximum Gasteiger partial charge on any atom is 0.316 e. The third kappa shape index (κ3) is 3.05. The van der Waals surface area contributed by atoms with Crippen molar-refractivity contribution in [3.63, 3.8) is 0 Å². The summed E-state index contributed by atoms with van der Waals surface area (Å²) in [4.78, 5) is 12.7. The average molecular weight is 270 g/mol. The van der Waals surface area contributed by atoms with Crippen molar-refractivity contribution in [2.24, 2.45) is 5.84 Å². The molecule has 0 aliphatic carbocycles. The Hall–Kier alpha value is -1.47. The average Bonchev–Trinajstić information content (AvgIpc) is 2.36. The van der Waals surface area contributed by atoms with Crippen molar-refractivity contribution >= 4 is 28.8 Å². The smallest absolute Gasteiger partial charge is 0.316 e. The first-order chi connectivity index (χ1) is 8.52. The summed E-state index contributed by atoms with van der Waals surface area (Å²) in [5.74, 6) is 6.21. The molecule has 6 nitrogen and oxygen atoms in total. The number of para-hydroxylation sites is 1. The van der Waals surface area contributed by atoms with Crippen molar-refractivity contribution in [1.29, 1.82) is 0 Å². The molecule has 0 radical (unpaired) electrons. The largest absolute Gasteiger partial charge is 0.365 e. The van der Waals surface area contributed by atoms with E-state index in [1.54, 1.807) is 30.0 Å². The number of nitrogens with two attached hydrogens (primary N) is 1. The molecule has 7 heteroatoms. The van der Waals surface area contributed by atoms with Gasteiger partial charge in [-0.05, 0) is 25.3 Å². The predicted molar refractivity (Wildman–Crippen MR) is 77.2 cm³/mol. The molecule has 0 heterocycles. The quantitative estimate of drug-likeness (QED) is 0.467. The number of nitro groups is 1. The van der Waals surface area contributed by atoms with E-state index in [2.05, 4.69) is 5.43 Å². The standard InChI is InChI=1S/C11H18N4O2S/c1-8(7-18-3)14(2)10-6-4-5-9(13-12)11(10)15(16)17/h4-6,8,13H,7,12H2,1-3H3. The van der Waals surface area contributed by atoms with Crippen molar-refractivity contribution in [3.8, 4) is 0 Å². The number of rotatable bonds is 6. The zero-order valence-corrected chi connectivity index (χ0v) is 11.5. The maximum absolute atomic E-state index is 11.2. The Morgan fingerprint density at radius 3 is 2.78 bits per heavy atom. The molecule has 3 N–H and O–H groups in total. The van der Waals surface area contributed by atoms with Crippen LogP contribution in [-0.2, 0) is 0 Å². The maximum atomic E-state index is 11.2. The van der Waals surface area contributed by atoms with E-state index in [0.717, 1.165) is 5.75 Å². The lowest BCUT2D eigenvalue weighted by Crippen LogP contribution is -2.31. The number of hydrazine groups is 1. The van der Waals surface area contributed by atoms with Gasteiger partial charge in [0.15, 0.2) is 0 Å².